The Morgan fingerprint density at radius 3 is 0.884 bits per heavy atom. The van der Waals surface area contributed by atoms with Crippen LogP contribution in [-0.2, 0) is 28.6 Å². The van der Waals surface area contributed by atoms with E-state index in [4.69, 9.17) is 14.2 Å². The Balaban J connectivity index is 4.06. The first-order valence-electron chi connectivity index (χ1n) is 29.8. The van der Waals surface area contributed by atoms with Crippen molar-refractivity contribution in [2.45, 2.75) is 309 Å². The molecule has 0 amide bonds. The lowest BCUT2D eigenvalue weighted by Crippen LogP contribution is -2.30. The van der Waals surface area contributed by atoms with Gasteiger partial charge in [0, 0.05) is 19.3 Å². The Bertz CT molecular complexity index is 1250. The molecule has 0 saturated heterocycles. The predicted molar refractivity (Wildman–Crippen MR) is 298 cm³/mol. The molecule has 0 aromatic heterocycles. The normalized spacial score (nSPS) is 12.4. The van der Waals surface area contributed by atoms with E-state index in [0.29, 0.717) is 19.3 Å². The van der Waals surface area contributed by atoms with Crippen molar-refractivity contribution in [1.29, 1.82) is 0 Å². The maximum Gasteiger partial charge on any atom is 0.306 e. The van der Waals surface area contributed by atoms with Crippen molar-refractivity contribution >= 4 is 17.9 Å². The van der Waals surface area contributed by atoms with Gasteiger partial charge in [-0.25, -0.2) is 0 Å². The van der Waals surface area contributed by atoms with Crippen LogP contribution in [0.5, 0.6) is 0 Å². The monoisotopic (exact) mass is 965 g/mol. The first-order chi connectivity index (χ1) is 34.0. The second kappa shape index (κ2) is 57.7. The fourth-order valence-electron chi connectivity index (χ4n) is 8.55. The molecule has 6 nitrogen and oxygen atoms in total. The maximum absolute atomic E-state index is 12.8. The van der Waals surface area contributed by atoms with Crippen molar-refractivity contribution in [2.75, 3.05) is 13.2 Å². The van der Waals surface area contributed by atoms with Gasteiger partial charge in [0.05, 0.1) is 0 Å². The van der Waals surface area contributed by atoms with E-state index in [-0.39, 0.29) is 31.1 Å². The summed E-state index contributed by atoms with van der Waals surface area (Å²) in [5.74, 6) is -0.892. The van der Waals surface area contributed by atoms with Crippen LogP contribution in [0.4, 0.5) is 0 Å². The minimum absolute atomic E-state index is 0.0786. The minimum Gasteiger partial charge on any atom is -0.462 e. The average molecular weight is 966 g/mol. The highest BCUT2D eigenvalue weighted by Gasteiger charge is 2.19. The van der Waals surface area contributed by atoms with Gasteiger partial charge in [0.15, 0.2) is 6.10 Å². The SMILES string of the molecule is CC/C=C\C/C=C\C/C=C\CCCCCCCC(=O)OC(COC(=O)CCCCCCCCC)COC(=O)CCCCCCCCCCCCCCCCCCC/C=C\C/C=C\CCCCCCC. The highest BCUT2D eigenvalue weighted by molar-refractivity contribution is 5.71. The van der Waals surface area contributed by atoms with Gasteiger partial charge in [0.2, 0.25) is 0 Å². The number of hydrogen-bond donors (Lipinski definition) is 0. The summed E-state index contributed by atoms with van der Waals surface area (Å²) in [4.78, 5) is 37.9. The summed E-state index contributed by atoms with van der Waals surface area (Å²) in [7, 11) is 0. The van der Waals surface area contributed by atoms with Crippen molar-refractivity contribution in [3.63, 3.8) is 0 Å². The number of unbranched alkanes of at least 4 members (excludes halogenated alkanes) is 33. The minimum atomic E-state index is -0.779. The van der Waals surface area contributed by atoms with Crippen LogP contribution in [0.25, 0.3) is 0 Å². The Kier molecular flexibility index (Phi) is 55.3. The van der Waals surface area contributed by atoms with Gasteiger partial charge in [-0.3, -0.25) is 14.4 Å². The molecule has 0 rings (SSSR count). The molecule has 0 N–H and O–H groups in total. The van der Waals surface area contributed by atoms with Gasteiger partial charge in [-0.05, 0) is 83.5 Å². The molecule has 0 aliphatic heterocycles. The van der Waals surface area contributed by atoms with Crippen LogP contribution in [0.1, 0.15) is 303 Å². The summed E-state index contributed by atoms with van der Waals surface area (Å²) in [5.41, 5.74) is 0. The Morgan fingerprint density at radius 1 is 0.304 bits per heavy atom. The number of ether oxygens (including phenoxy) is 3. The van der Waals surface area contributed by atoms with Gasteiger partial charge >= 0.3 is 17.9 Å². The molecule has 0 aromatic rings. The molecule has 1 atom stereocenters. The van der Waals surface area contributed by atoms with Crippen molar-refractivity contribution in [2.24, 2.45) is 0 Å². The largest absolute Gasteiger partial charge is 0.462 e. The first-order valence-corrected chi connectivity index (χ1v) is 29.8. The van der Waals surface area contributed by atoms with Crippen LogP contribution in [0.2, 0.25) is 0 Å². The lowest BCUT2D eigenvalue weighted by Gasteiger charge is -2.18. The third-order valence-electron chi connectivity index (χ3n) is 13.0. The lowest BCUT2D eigenvalue weighted by atomic mass is 10.0. The lowest BCUT2D eigenvalue weighted by molar-refractivity contribution is -0.167. The molecule has 0 aromatic carbocycles. The third-order valence-corrected chi connectivity index (χ3v) is 13.0. The van der Waals surface area contributed by atoms with Gasteiger partial charge in [0.25, 0.3) is 0 Å². The molecular formula is C63H112O6. The van der Waals surface area contributed by atoms with Gasteiger partial charge < -0.3 is 14.2 Å². The molecule has 1 unspecified atom stereocenters. The quantitative estimate of drug-likeness (QED) is 0.0262. The standard InChI is InChI=1S/C63H112O6/c1-4-7-10-13-16-18-20-22-24-25-26-27-28-29-30-31-32-33-34-35-36-37-39-40-42-44-47-50-53-56-62(65)68-59-60(58-67-61(64)55-52-49-46-15-12-9-6-3)69-63(66)57-54-51-48-45-43-41-38-23-21-19-17-14-11-8-5-2/h8,11,17,19-20,22-23,25-26,38,60H,4-7,9-10,12-16,18,21,24,27-37,39-59H2,1-3H3/b11-8-,19-17-,22-20-,26-25-,38-23-. The smallest absolute Gasteiger partial charge is 0.306 e. The average Bonchev–Trinajstić information content (AvgIpc) is 3.35. The molecule has 0 saturated carbocycles. The highest BCUT2D eigenvalue weighted by atomic mass is 16.6. The van der Waals surface area contributed by atoms with E-state index in [2.05, 4.69) is 81.5 Å². The number of hydrogen-bond acceptors (Lipinski definition) is 6. The number of rotatable bonds is 54. The van der Waals surface area contributed by atoms with Crippen LogP contribution >= 0.6 is 0 Å². The molecule has 0 aliphatic carbocycles. The zero-order valence-electron chi connectivity index (χ0n) is 45.8. The summed E-state index contributed by atoms with van der Waals surface area (Å²) >= 11 is 0. The molecule has 0 radical (unpaired) electrons. The Morgan fingerprint density at radius 2 is 0.565 bits per heavy atom. The van der Waals surface area contributed by atoms with Crippen LogP contribution in [0.3, 0.4) is 0 Å². The zero-order chi connectivity index (χ0) is 50.0. The van der Waals surface area contributed by atoms with Crippen molar-refractivity contribution in [3.8, 4) is 0 Å². The van der Waals surface area contributed by atoms with Crippen LogP contribution in [0.15, 0.2) is 60.8 Å². The molecule has 0 spiro atoms. The Labute approximate surface area is 428 Å². The number of carbonyl (C=O) groups is 3. The van der Waals surface area contributed by atoms with Crippen molar-refractivity contribution in [1.82, 2.24) is 0 Å². The van der Waals surface area contributed by atoms with E-state index in [1.54, 1.807) is 0 Å². The molecule has 0 heterocycles. The van der Waals surface area contributed by atoms with E-state index in [9.17, 15) is 14.4 Å². The maximum atomic E-state index is 12.8. The summed E-state index contributed by atoms with van der Waals surface area (Å²) in [6.07, 6.45) is 72.6. The molecule has 0 aliphatic rings. The second-order valence-corrected chi connectivity index (χ2v) is 19.9. The van der Waals surface area contributed by atoms with Crippen molar-refractivity contribution in [3.05, 3.63) is 60.8 Å². The molecule has 0 fully saturated rings. The van der Waals surface area contributed by atoms with Gasteiger partial charge in [-0.2, -0.15) is 0 Å². The van der Waals surface area contributed by atoms with Gasteiger partial charge in [-0.1, -0.05) is 261 Å². The molecular weight excluding hydrogens is 853 g/mol. The summed E-state index contributed by atoms with van der Waals surface area (Å²) in [5, 5.41) is 0. The van der Waals surface area contributed by atoms with Crippen LogP contribution in [0, 0.1) is 0 Å². The molecule has 6 heteroatoms. The fraction of sp³-hybridized carbons (Fsp3) is 0.794. The summed E-state index contributed by atoms with van der Waals surface area (Å²) < 4.78 is 16.8. The van der Waals surface area contributed by atoms with Crippen LogP contribution < -0.4 is 0 Å². The molecule has 69 heavy (non-hydrogen) atoms. The second-order valence-electron chi connectivity index (χ2n) is 19.9. The van der Waals surface area contributed by atoms with E-state index >= 15 is 0 Å². The predicted octanol–water partition coefficient (Wildman–Crippen LogP) is 20.0. The Hall–Kier alpha value is -2.89. The molecule has 400 valence electrons. The molecule has 0 bridgehead atoms. The number of carbonyl (C=O) groups excluding carboxylic acids is 3. The van der Waals surface area contributed by atoms with E-state index in [1.165, 1.54) is 161 Å². The first kappa shape index (κ1) is 66.1. The topological polar surface area (TPSA) is 78.9 Å². The highest BCUT2D eigenvalue weighted by Crippen LogP contribution is 2.16. The van der Waals surface area contributed by atoms with E-state index in [0.717, 1.165) is 103 Å². The van der Waals surface area contributed by atoms with Gasteiger partial charge in [-0.15, -0.1) is 0 Å². The van der Waals surface area contributed by atoms with Gasteiger partial charge in [0.1, 0.15) is 13.2 Å². The number of allylic oxidation sites excluding steroid dienone is 10. The van der Waals surface area contributed by atoms with Crippen LogP contribution in [-0.4, -0.2) is 37.2 Å². The number of esters is 3. The van der Waals surface area contributed by atoms with E-state index < -0.39 is 6.10 Å². The summed E-state index contributed by atoms with van der Waals surface area (Å²) in [6.45, 7) is 6.48. The van der Waals surface area contributed by atoms with E-state index in [1.807, 2.05) is 0 Å². The third kappa shape index (κ3) is 55.9. The fourth-order valence-corrected chi connectivity index (χ4v) is 8.55. The van der Waals surface area contributed by atoms with Crippen molar-refractivity contribution < 1.29 is 28.6 Å². The zero-order valence-corrected chi connectivity index (χ0v) is 45.8. The summed E-state index contributed by atoms with van der Waals surface area (Å²) in [6, 6.07) is 0.